The van der Waals surface area contributed by atoms with E-state index in [1.807, 2.05) is 0 Å². The second kappa shape index (κ2) is 6.83. The molecule has 9 nitrogen and oxygen atoms in total. The molecule has 0 radical (unpaired) electrons. The van der Waals surface area contributed by atoms with E-state index in [1.54, 1.807) is 18.7 Å². The molecule has 1 fully saturated rings. The van der Waals surface area contributed by atoms with Gasteiger partial charge in [0.15, 0.2) is 11.2 Å². The number of fused-ring (bicyclic) bond motifs is 1. The van der Waals surface area contributed by atoms with Crippen LogP contribution in [-0.4, -0.2) is 55.8 Å². The minimum absolute atomic E-state index is 0.218. The van der Waals surface area contributed by atoms with Crippen molar-refractivity contribution in [2.75, 3.05) is 20.2 Å². The Balaban J connectivity index is 1.78. The van der Waals surface area contributed by atoms with E-state index >= 15 is 0 Å². The van der Waals surface area contributed by atoms with Crippen LogP contribution >= 0.6 is 0 Å². The van der Waals surface area contributed by atoms with Gasteiger partial charge in [-0.2, -0.15) is 0 Å². The lowest BCUT2D eigenvalue weighted by Crippen LogP contribution is -2.41. The lowest BCUT2D eigenvalue weighted by molar-refractivity contribution is -0.145. The van der Waals surface area contributed by atoms with E-state index in [9.17, 15) is 14.4 Å². The molecular formula is C16H23N5O4. The second-order valence-corrected chi connectivity index (χ2v) is 6.40. The van der Waals surface area contributed by atoms with Gasteiger partial charge in [0.2, 0.25) is 0 Å². The van der Waals surface area contributed by atoms with Gasteiger partial charge in [0, 0.05) is 27.2 Å². The molecule has 9 heteroatoms. The van der Waals surface area contributed by atoms with Crippen molar-refractivity contribution in [3.8, 4) is 0 Å². The molecule has 0 aliphatic carbocycles. The lowest BCUT2D eigenvalue weighted by atomic mass is 10.2. The molecule has 0 spiro atoms. The molecule has 0 saturated carbocycles. The summed E-state index contributed by atoms with van der Waals surface area (Å²) >= 11 is 0. The molecule has 2 aromatic heterocycles. The SMILES string of the molecule is COC(=O)C1CCCN1CCCn1c(=O)c2c(ncn2C)n(C)c1=O. The van der Waals surface area contributed by atoms with Gasteiger partial charge < -0.3 is 9.30 Å². The van der Waals surface area contributed by atoms with Gasteiger partial charge in [0.1, 0.15) is 6.04 Å². The zero-order valence-electron chi connectivity index (χ0n) is 14.8. The van der Waals surface area contributed by atoms with Gasteiger partial charge in [-0.05, 0) is 25.8 Å². The first-order valence-corrected chi connectivity index (χ1v) is 8.38. The smallest absolute Gasteiger partial charge is 0.332 e. The Morgan fingerprint density at radius 1 is 1.32 bits per heavy atom. The molecular weight excluding hydrogens is 326 g/mol. The van der Waals surface area contributed by atoms with Crippen LogP contribution in [0.15, 0.2) is 15.9 Å². The topological polar surface area (TPSA) is 91.4 Å². The third-order valence-corrected chi connectivity index (χ3v) is 4.86. The summed E-state index contributed by atoms with van der Waals surface area (Å²) in [6.45, 7) is 1.77. The maximum atomic E-state index is 12.6. The van der Waals surface area contributed by atoms with Gasteiger partial charge in [-0.15, -0.1) is 0 Å². The van der Waals surface area contributed by atoms with Gasteiger partial charge in [-0.25, -0.2) is 9.78 Å². The highest BCUT2D eigenvalue weighted by atomic mass is 16.5. The number of carbonyl (C=O) groups is 1. The Labute approximate surface area is 144 Å². The highest BCUT2D eigenvalue weighted by Gasteiger charge is 2.30. The van der Waals surface area contributed by atoms with E-state index in [4.69, 9.17) is 4.74 Å². The van der Waals surface area contributed by atoms with Crippen molar-refractivity contribution in [3.05, 3.63) is 27.2 Å². The van der Waals surface area contributed by atoms with Gasteiger partial charge in [-0.3, -0.25) is 23.6 Å². The molecule has 1 atom stereocenters. The molecule has 3 rings (SSSR count). The maximum absolute atomic E-state index is 12.6. The van der Waals surface area contributed by atoms with Gasteiger partial charge in [0.05, 0.1) is 13.4 Å². The third-order valence-electron chi connectivity index (χ3n) is 4.86. The predicted octanol–water partition coefficient (Wildman–Crippen LogP) is -0.539. The molecule has 0 bridgehead atoms. The Morgan fingerprint density at radius 2 is 2.08 bits per heavy atom. The van der Waals surface area contributed by atoms with Crippen LogP contribution in [0.3, 0.4) is 0 Å². The molecule has 1 unspecified atom stereocenters. The Hall–Kier alpha value is -2.42. The number of nitrogens with zero attached hydrogens (tertiary/aromatic N) is 5. The molecule has 1 aliphatic rings. The van der Waals surface area contributed by atoms with Crippen LogP contribution < -0.4 is 11.2 Å². The molecule has 3 heterocycles. The largest absolute Gasteiger partial charge is 0.468 e. The van der Waals surface area contributed by atoms with Crippen LogP contribution in [0.1, 0.15) is 19.3 Å². The third kappa shape index (κ3) is 2.99. The van der Waals surface area contributed by atoms with E-state index in [1.165, 1.54) is 22.6 Å². The summed E-state index contributed by atoms with van der Waals surface area (Å²) in [4.78, 5) is 43.0. The van der Waals surface area contributed by atoms with E-state index in [2.05, 4.69) is 9.88 Å². The van der Waals surface area contributed by atoms with Crippen LogP contribution in [0.5, 0.6) is 0 Å². The molecule has 0 amide bonds. The van der Waals surface area contributed by atoms with E-state index in [0.29, 0.717) is 30.7 Å². The Bertz CT molecular complexity index is 910. The first-order chi connectivity index (χ1) is 12.0. The molecule has 0 N–H and O–H groups in total. The molecule has 136 valence electrons. The van der Waals surface area contributed by atoms with Crippen molar-refractivity contribution in [2.24, 2.45) is 14.1 Å². The minimum Gasteiger partial charge on any atom is -0.468 e. The number of methoxy groups -OCH3 is 1. The predicted molar refractivity (Wildman–Crippen MR) is 91.4 cm³/mol. The number of aromatic nitrogens is 4. The number of esters is 1. The Kier molecular flexibility index (Phi) is 4.76. The summed E-state index contributed by atoms with van der Waals surface area (Å²) in [6, 6.07) is -0.218. The zero-order valence-corrected chi connectivity index (χ0v) is 14.8. The number of ether oxygens (including phenoxy) is 1. The quantitative estimate of drug-likeness (QED) is 0.674. The first kappa shape index (κ1) is 17.4. The number of hydrogen-bond acceptors (Lipinski definition) is 6. The number of imidazole rings is 1. The molecule has 0 aromatic carbocycles. The fourth-order valence-electron chi connectivity index (χ4n) is 3.52. The fourth-order valence-corrected chi connectivity index (χ4v) is 3.52. The minimum atomic E-state index is -0.373. The average molecular weight is 349 g/mol. The average Bonchev–Trinajstić information content (AvgIpc) is 3.22. The fraction of sp³-hybridized carbons (Fsp3) is 0.625. The molecule has 25 heavy (non-hydrogen) atoms. The van der Waals surface area contributed by atoms with Crippen LogP contribution in [0, 0.1) is 0 Å². The van der Waals surface area contributed by atoms with E-state index < -0.39 is 0 Å². The number of rotatable bonds is 5. The van der Waals surface area contributed by atoms with Crippen molar-refractivity contribution < 1.29 is 9.53 Å². The normalized spacial score (nSPS) is 18.1. The summed E-state index contributed by atoms with van der Waals surface area (Å²) in [5.74, 6) is -0.220. The summed E-state index contributed by atoms with van der Waals surface area (Å²) in [5, 5.41) is 0. The number of likely N-dealkylation sites (tertiary alicyclic amines) is 1. The van der Waals surface area contributed by atoms with Crippen LogP contribution in [-0.2, 0) is 30.2 Å². The lowest BCUT2D eigenvalue weighted by Gasteiger charge is -2.22. The van der Waals surface area contributed by atoms with Crippen molar-refractivity contribution in [1.29, 1.82) is 0 Å². The summed E-state index contributed by atoms with van der Waals surface area (Å²) in [5.41, 5.74) is 0.0981. The van der Waals surface area contributed by atoms with Crippen LogP contribution in [0.25, 0.3) is 11.2 Å². The number of aryl methyl sites for hydroxylation is 2. The van der Waals surface area contributed by atoms with Gasteiger partial charge in [0.25, 0.3) is 5.56 Å². The van der Waals surface area contributed by atoms with Crippen molar-refractivity contribution in [3.63, 3.8) is 0 Å². The van der Waals surface area contributed by atoms with Crippen molar-refractivity contribution in [1.82, 2.24) is 23.6 Å². The standard InChI is InChI=1S/C16H23N5O4/c1-18-10-17-13-12(18)14(22)21(16(24)19(13)2)9-5-8-20-7-4-6-11(20)15(23)25-3/h10-11H,4-9H2,1-3H3. The summed E-state index contributed by atoms with van der Waals surface area (Å²) < 4.78 is 9.10. The highest BCUT2D eigenvalue weighted by Crippen LogP contribution is 2.18. The van der Waals surface area contributed by atoms with Crippen molar-refractivity contribution >= 4 is 17.1 Å². The molecule has 1 saturated heterocycles. The summed E-state index contributed by atoms with van der Waals surface area (Å²) in [7, 11) is 4.74. The van der Waals surface area contributed by atoms with Crippen molar-refractivity contribution in [2.45, 2.75) is 31.8 Å². The zero-order chi connectivity index (χ0) is 18.1. The van der Waals surface area contributed by atoms with Gasteiger partial charge >= 0.3 is 11.7 Å². The van der Waals surface area contributed by atoms with Gasteiger partial charge in [-0.1, -0.05) is 0 Å². The van der Waals surface area contributed by atoms with E-state index in [0.717, 1.165) is 19.4 Å². The van der Waals surface area contributed by atoms with E-state index in [-0.39, 0.29) is 23.3 Å². The monoisotopic (exact) mass is 349 g/mol. The second-order valence-electron chi connectivity index (χ2n) is 6.40. The number of hydrogen-bond donors (Lipinski definition) is 0. The maximum Gasteiger partial charge on any atom is 0.332 e. The Morgan fingerprint density at radius 3 is 2.80 bits per heavy atom. The van der Waals surface area contributed by atoms with Crippen LogP contribution in [0.2, 0.25) is 0 Å². The molecule has 2 aromatic rings. The number of carbonyl (C=O) groups excluding carboxylic acids is 1. The molecule has 1 aliphatic heterocycles. The highest BCUT2D eigenvalue weighted by molar-refractivity contribution is 5.76. The first-order valence-electron chi connectivity index (χ1n) is 8.38. The summed E-state index contributed by atoms with van der Waals surface area (Å²) in [6.07, 6.45) is 3.87. The van der Waals surface area contributed by atoms with Crippen LogP contribution in [0.4, 0.5) is 0 Å².